The molecule has 1 aromatic heterocycles. The topological polar surface area (TPSA) is 38.2 Å². The van der Waals surface area contributed by atoms with E-state index in [1.807, 2.05) is 31.2 Å². The molecular weight excluding hydrogens is 363 g/mol. The second-order valence-corrected chi connectivity index (χ2v) is 5.14. The number of hydrogen-bond acceptors (Lipinski definition) is 4. The van der Waals surface area contributed by atoms with Crippen molar-refractivity contribution in [3.63, 3.8) is 0 Å². The minimum Gasteiger partial charge on any atom is -0.480 e. The highest BCUT2D eigenvalue weighted by Crippen LogP contribution is 2.36. The lowest BCUT2D eigenvalue weighted by Crippen LogP contribution is -2.20. The summed E-state index contributed by atoms with van der Waals surface area (Å²) in [6.07, 6.45) is -3.82. The maximum Gasteiger partial charge on any atom is 0.423 e. The van der Waals surface area contributed by atoms with Gasteiger partial charge in [-0.2, -0.15) is 18.2 Å². The van der Waals surface area contributed by atoms with Crippen molar-refractivity contribution in [3.05, 3.63) is 40.5 Å². The van der Waals surface area contributed by atoms with E-state index in [9.17, 15) is 13.2 Å². The molecule has 0 unspecified atom stereocenters. The number of alkyl halides is 3. The fourth-order valence-corrected chi connectivity index (χ4v) is 2.43. The minimum absolute atomic E-state index is 0.138. The Morgan fingerprint density at radius 1 is 1.27 bits per heavy atom. The average Bonchev–Trinajstić information content (AvgIpc) is 2.48. The number of halogens is 4. The fraction of sp³-hybridized carbons (Fsp3) is 0.286. The molecule has 8 heteroatoms. The lowest BCUT2D eigenvalue weighted by Gasteiger charge is -2.23. The quantitative estimate of drug-likeness (QED) is 0.792. The van der Waals surface area contributed by atoms with E-state index in [0.29, 0.717) is 6.54 Å². The average molecular weight is 376 g/mol. The SMILES string of the molecule is CCN(c1ncc(C(F)(F)F)c(OC)n1)c1ccccc1Br. The van der Waals surface area contributed by atoms with Crippen molar-refractivity contribution >= 4 is 27.6 Å². The molecule has 0 fully saturated rings. The molecule has 0 amide bonds. The van der Waals surface area contributed by atoms with E-state index >= 15 is 0 Å². The van der Waals surface area contributed by atoms with Crippen LogP contribution in [0.25, 0.3) is 0 Å². The third kappa shape index (κ3) is 3.32. The van der Waals surface area contributed by atoms with Gasteiger partial charge in [0, 0.05) is 17.2 Å². The van der Waals surface area contributed by atoms with Crippen molar-refractivity contribution in [2.24, 2.45) is 0 Å². The van der Waals surface area contributed by atoms with Gasteiger partial charge in [0.1, 0.15) is 5.56 Å². The first-order valence-corrected chi connectivity index (χ1v) is 7.18. The van der Waals surface area contributed by atoms with Crippen LogP contribution in [0.2, 0.25) is 0 Å². The molecule has 0 aliphatic heterocycles. The zero-order valence-corrected chi connectivity index (χ0v) is 13.4. The van der Waals surface area contributed by atoms with Crippen LogP contribution in [0.15, 0.2) is 34.9 Å². The number of anilines is 2. The van der Waals surface area contributed by atoms with Crippen LogP contribution >= 0.6 is 15.9 Å². The Hall–Kier alpha value is -1.83. The number of benzene rings is 1. The second kappa shape index (κ2) is 6.51. The van der Waals surface area contributed by atoms with Crippen LogP contribution in [0.4, 0.5) is 24.8 Å². The van der Waals surface area contributed by atoms with Crippen molar-refractivity contribution < 1.29 is 17.9 Å². The molecule has 0 N–H and O–H groups in total. The van der Waals surface area contributed by atoms with Gasteiger partial charge in [0.15, 0.2) is 0 Å². The Kier molecular flexibility index (Phi) is 4.90. The number of hydrogen-bond donors (Lipinski definition) is 0. The van der Waals surface area contributed by atoms with Crippen LogP contribution < -0.4 is 9.64 Å². The van der Waals surface area contributed by atoms with Crippen LogP contribution in [-0.2, 0) is 6.18 Å². The van der Waals surface area contributed by atoms with E-state index in [1.165, 1.54) is 0 Å². The summed E-state index contributed by atoms with van der Waals surface area (Å²) in [5.41, 5.74) is -0.242. The third-order valence-corrected chi connectivity index (χ3v) is 3.61. The van der Waals surface area contributed by atoms with Crippen LogP contribution in [0.3, 0.4) is 0 Å². The minimum atomic E-state index is -4.56. The molecule has 2 rings (SSSR count). The Balaban J connectivity index is 2.49. The lowest BCUT2D eigenvalue weighted by molar-refractivity contribution is -0.139. The van der Waals surface area contributed by atoms with Gasteiger partial charge in [0.05, 0.1) is 12.8 Å². The summed E-state index contributed by atoms with van der Waals surface area (Å²) < 4.78 is 44.1. The Labute approximate surface area is 134 Å². The summed E-state index contributed by atoms with van der Waals surface area (Å²) in [7, 11) is 1.15. The molecule has 2 aromatic rings. The number of methoxy groups -OCH3 is 1. The molecular formula is C14H13BrF3N3O. The van der Waals surface area contributed by atoms with Crippen LogP contribution in [0.1, 0.15) is 12.5 Å². The number of ether oxygens (including phenoxy) is 1. The predicted molar refractivity (Wildman–Crippen MR) is 80.4 cm³/mol. The van der Waals surface area contributed by atoms with Gasteiger partial charge in [-0.05, 0) is 35.0 Å². The molecule has 0 atom stereocenters. The Morgan fingerprint density at radius 3 is 2.50 bits per heavy atom. The van der Waals surface area contributed by atoms with Gasteiger partial charge in [0.25, 0.3) is 0 Å². The van der Waals surface area contributed by atoms with Gasteiger partial charge in [-0.1, -0.05) is 12.1 Å². The number of aromatic nitrogens is 2. The highest BCUT2D eigenvalue weighted by molar-refractivity contribution is 9.10. The normalized spacial score (nSPS) is 11.4. The monoisotopic (exact) mass is 375 g/mol. The fourth-order valence-electron chi connectivity index (χ4n) is 1.93. The smallest absolute Gasteiger partial charge is 0.423 e. The van der Waals surface area contributed by atoms with E-state index in [0.717, 1.165) is 23.5 Å². The highest BCUT2D eigenvalue weighted by atomic mass is 79.9. The molecule has 0 aliphatic rings. The van der Waals surface area contributed by atoms with Crippen LogP contribution in [0, 0.1) is 0 Å². The lowest BCUT2D eigenvalue weighted by atomic mass is 10.3. The molecule has 22 heavy (non-hydrogen) atoms. The van der Waals surface area contributed by atoms with Gasteiger partial charge >= 0.3 is 6.18 Å². The van der Waals surface area contributed by atoms with Gasteiger partial charge in [-0.25, -0.2) is 4.98 Å². The molecule has 4 nitrogen and oxygen atoms in total. The summed E-state index contributed by atoms with van der Waals surface area (Å²) in [6.45, 7) is 2.34. The first kappa shape index (κ1) is 16.5. The number of para-hydroxylation sites is 1. The van der Waals surface area contributed by atoms with Crippen molar-refractivity contribution in [2.45, 2.75) is 13.1 Å². The maximum atomic E-state index is 12.9. The summed E-state index contributed by atoms with van der Waals surface area (Å²) >= 11 is 3.41. The molecule has 0 bridgehead atoms. The second-order valence-electron chi connectivity index (χ2n) is 4.29. The van der Waals surface area contributed by atoms with Crippen LogP contribution in [-0.4, -0.2) is 23.6 Å². The number of rotatable bonds is 4. The summed E-state index contributed by atoms with van der Waals surface area (Å²) in [4.78, 5) is 9.42. The Morgan fingerprint density at radius 2 is 1.95 bits per heavy atom. The van der Waals surface area contributed by atoms with Crippen LogP contribution in [0.5, 0.6) is 5.88 Å². The van der Waals surface area contributed by atoms with Crippen molar-refractivity contribution in [1.82, 2.24) is 9.97 Å². The van der Waals surface area contributed by atoms with E-state index in [1.54, 1.807) is 4.90 Å². The molecule has 0 radical (unpaired) electrons. The van der Waals surface area contributed by atoms with Crippen molar-refractivity contribution in [1.29, 1.82) is 0 Å². The van der Waals surface area contributed by atoms with Gasteiger partial charge in [-0.15, -0.1) is 0 Å². The van der Waals surface area contributed by atoms with E-state index in [2.05, 4.69) is 25.9 Å². The maximum absolute atomic E-state index is 12.9. The third-order valence-electron chi connectivity index (χ3n) is 2.94. The molecule has 1 heterocycles. The molecule has 118 valence electrons. The van der Waals surface area contributed by atoms with E-state index in [4.69, 9.17) is 4.74 Å². The standard InChI is InChI=1S/C14H13BrF3N3O/c1-3-21(11-7-5-4-6-10(11)15)13-19-8-9(14(16,17)18)12(20-13)22-2/h4-8H,3H2,1-2H3. The van der Waals surface area contributed by atoms with Gasteiger partial charge < -0.3 is 9.64 Å². The molecule has 1 aromatic carbocycles. The summed E-state index contributed by atoms with van der Waals surface area (Å²) in [5, 5.41) is 0. The Bertz CT molecular complexity index is 664. The first-order chi connectivity index (χ1) is 10.4. The molecule has 0 saturated heterocycles. The molecule has 0 saturated carbocycles. The van der Waals surface area contributed by atoms with Gasteiger partial charge in [0.2, 0.25) is 11.8 Å². The van der Waals surface area contributed by atoms with E-state index in [-0.39, 0.29) is 5.95 Å². The molecule has 0 aliphatic carbocycles. The number of nitrogens with zero attached hydrogens (tertiary/aromatic N) is 3. The molecule has 0 spiro atoms. The predicted octanol–water partition coefficient (Wildman–Crippen LogP) is 4.42. The summed E-state index contributed by atoms with van der Waals surface area (Å²) in [6, 6.07) is 7.32. The van der Waals surface area contributed by atoms with E-state index < -0.39 is 17.6 Å². The van der Waals surface area contributed by atoms with Crippen molar-refractivity contribution in [2.75, 3.05) is 18.6 Å². The van der Waals surface area contributed by atoms with Crippen molar-refractivity contribution in [3.8, 4) is 5.88 Å². The first-order valence-electron chi connectivity index (χ1n) is 6.38. The van der Waals surface area contributed by atoms with Gasteiger partial charge in [-0.3, -0.25) is 0 Å². The summed E-state index contributed by atoms with van der Waals surface area (Å²) in [5.74, 6) is -0.359. The highest BCUT2D eigenvalue weighted by Gasteiger charge is 2.36. The zero-order valence-electron chi connectivity index (χ0n) is 11.9. The largest absolute Gasteiger partial charge is 0.480 e. The zero-order chi connectivity index (χ0) is 16.3.